The number of piperidine rings is 1. The van der Waals surface area contributed by atoms with Crippen LogP contribution >= 0.6 is 0 Å². The first-order chi connectivity index (χ1) is 15.9. The summed E-state index contributed by atoms with van der Waals surface area (Å²) in [5, 5.41) is 2.81. The van der Waals surface area contributed by atoms with Crippen molar-refractivity contribution in [2.24, 2.45) is 0 Å². The van der Waals surface area contributed by atoms with Crippen LogP contribution in [0.3, 0.4) is 0 Å². The van der Waals surface area contributed by atoms with Gasteiger partial charge in [0.2, 0.25) is 15.9 Å². The number of hydrogen-bond acceptors (Lipinski definition) is 6. The number of methoxy groups -OCH3 is 2. The van der Waals surface area contributed by atoms with E-state index in [0.717, 1.165) is 24.8 Å². The van der Waals surface area contributed by atoms with Gasteiger partial charge < -0.3 is 19.5 Å². The second kappa shape index (κ2) is 11.4. The van der Waals surface area contributed by atoms with E-state index in [4.69, 9.17) is 14.2 Å². The van der Waals surface area contributed by atoms with E-state index < -0.39 is 10.0 Å². The molecule has 0 aromatic heterocycles. The predicted octanol–water partition coefficient (Wildman–Crippen LogP) is 3.85. The van der Waals surface area contributed by atoms with Crippen molar-refractivity contribution in [2.75, 3.05) is 39.2 Å². The molecule has 1 saturated heterocycles. The second-order valence-electron chi connectivity index (χ2n) is 7.79. The summed E-state index contributed by atoms with van der Waals surface area (Å²) in [4.78, 5) is 12.7. The summed E-state index contributed by atoms with van der Waals surface area (Å²) in [5.74, 6) is 1.43. The molecule has 0 atom stereocenters. The zero-order valence-electron chi connectivity index (χ0n) is 19.4. The maximum Gasteiger partial charge on any atom is 0.246 e. The summed E-state index contributed by atoms with van der Waals surface area (Å²) < 4.78 is 44.2. The van der Waals surface area contributed by atoms with E-state index in [9.17, 15) is 13.2 Å². The lowest BCUT2D eigenvalue weighted by Crippen LogP contribution is -2.35. The number of anilines is 1. The number of aryl methyl sites for hydroxylation is 1. The number of ether oxygens (including phenoxy) is 3. The first kappa shape index (κ1) is 24.9. The maximum atomic E-state index is 13.3. The molecule has 2 aromatic carbocycles. The Bertz CT molecular complexity index is 1060. The number of nitrogens with zero attached hydrogens (tertiary/aromatic N) is 1. The summed E-state index contributed by atoms with van der Waals surface area (Å²) >= 11 is 0. The second-order valence-corrected chi connectivity index (χ2v) is 9.69. The van der Waals surface area contributed by atoms with Crippen molar-refractivity contribution in [3.8, 4) is 17.2 Å². The summed E-state index contributed by atoms with van der Waals surface area (Å²) in [6.45, 7) is 3.14. The zero-order chi connectivity index (χ0) is 23.8. The predicted molar refractivity (Wildman–Crippen MR) is 127 cm³/mol. The van der Waals surface area contributed by atoms with Gasteiger partial charge in [-0.25, -0.2) is 8.42 Å². The summed E-state index contributed by atoms with van der Waals surface area (Å²) in [6, 6.07) is 10.2. The van der Waals surface area contributed by atoms with Crippen molar-refractivity contribution in [3.63, 3.8) is 0 Å². The number of benzene rings is 2. The van der Waals surface area contributed by atoms with Gasteiger partial charge in [0, 0.05) is 25.2 Å². The molecule has 8 nitrogen and oxygen atoms in total. The fourth-order valence-electron chi connectivity index (χ4n) is 3.86. The molecule has 3 rings (SSSR count). The molecule has 1 amide bonds. The summed E-state index contributed by atoms with van der Waals surface area (Å²) in [7, 11) is -0.556. The summed E-state index contributed by atoms with van der Waals surface area (Å²) in [5.41, 5.74) is 1.27. The Morgan fingerprint density at radius 2 is 1.73 bits per heavy atom. The van der Waals surface area contributed by atoms with Crippen molar-refractivity contribution in [1.82, 2.24) is 4.31 Å². The van der Waals surface area contributed by atoms with Gasteiger partial charge in [0.1, 0.15) is 22.1 Å². The minimum atomic E-state index is -3.72. The van der Waals surface area contributed by atoms with Gasteiger partial charge >= 0.3 is 0 Å². The van der Waals surface area contributed by atoms with Gasteiger partial charge in [0.15, 0.2) is 0 Å². The van der Waals surface area contributed by atoms with Gasteiger partial charge in [-0.15, -0.1) is 0 Å². The Kier molecular flexibility index (Phi) is 8.57. The minimum Gasteiger partial charge on any atom is -0.497 e. The van der Waals surface area contributed by atoms with Crippen LogP contribution in [-0.4, -0.2) is 52.5 Å². The lowest BCUT2D eigenvalue weighted by Gasteiger charge is -2.27. The first-order valence-corrected chi connectivity index (χ1v) is 12.6. The van der Waals surface area contributed by atoms with Crippen LogP contribution in [0, 0.1) is 0 Å². The number of amides is 1. The lowest BCUT2D eigenvalue weighted by molar-refractivity contribution is -0.116. The lowest BCUT2D eigenvalue weighted by atomic mass is 10.1. The molecule has 0 bridgehead atoms. The molecule has 0 radical (unpaired) electrons. The van der Waals surface area contributed by atoms with Crippen molar-refractivity contribution in [3.05, 3.63) is 42.0 Å². The Balaban J connectivity index is 1.76. The molecular formula is C24H32N2O6S. The first-order valence-electron chi connectivity index (χ1n) is 11.2. The Labute approximate surface area is 195 Å². The van der Waals surface area contributed by atoms with E-state index in [2.05, 4.69) is 5.32 Å². The monoisotopic (exact) mass is 476 g/mol. The van der Waals surface area contributed by atoms with E-state index in [-0.39, 0.29) is 17.2 Å². The van der Waals surface area contributed by atoms with E-state index in [0.29, 0.717) is 49.1 Å². The Morgan fingerprint density at radius 1 is 1.00 bits per heavy atom. The van der Waals surface area contributed by atoms with Gasteiger partial charge in [0.25, 0.3) is 0 Å². The zero-order valence-corrected chi connectivity index (χ0v) is 20.2. The van der Waals surface area contributed by atoms with Crippen molar-refractivity contribution < 1.29 is 27.4 Å². The number of carbonyl (C=O) groups excluding carboxylic acids is 1. The SMILES string of the molecule is CCOc1ccc(NC(=O)CCc2cc(OC)ccc2OC)cc1S(=O)(=O)N1CCCCC1. The maximum absolute atomic E-state index is 13.3. The fourth-order valence-corrected chi connectivity index (χ4v) is 5.53. The van der Waals surface area contributed by atoms with Crippen LogP contribution in [0.5, 0.6) is 17.2 Å². The molecule has 1 heterocycles. The smallest absolute Gasteiger partial charge is 0.246 e. The number of rotatable bonds is 10. The standard InChI is InChI=1S/C24H32N2O6S/c1-4-32-22-11-9-19(17-23(22)33(28,29)26-14-6-5-7-15-26)25-24(27)13-8-18-16-20(30-2)10-12-21(18)31-3/h9-12,16-17H,4-8,13-15H2,1-3H3,(H,25,27). The van der Waals surface area contributed by atoms with Gasteiger partial charge in [-0.1, -0.05) is 6.42 Å². The third-order valence-electron chi connectivity index (χ3n) is 5.57. The number of sulfonamides is 1. The molecule has 0 saturated carbocycles. The third-order valence-corrected chi connectivity index (χ3v) is 7.49. The molecule has 180 valence electrons. The van der Waals surface area contributed by atoms with Crippen LogP contribution in [0.4, 0.5) is 5.69 Å². The largest absolute Gasteiger partial charge is 0.497 e. The fraction of sp³-hybridized carbons (Fsp3) is 0.458. The van der Waals surface area contributed by atoms with Crippen LogP contribution in [0.15, 0.2) is 41.3 Å². The van der Waals surface area contributed by atoms with Crippen molar-refractivity contribution in [2.45, 2.75) is 43.9 Å². The molecule has 0 unspecified atom stereocenters. The number of carbonyl (C=O) groups is 1. The van der Waals surface area contributed by atoms with E-state index >= 15 is 0 Å². The van der Waals surface area contributed by atoms with Crippen LogP contribution in [-0.2, 0) is 21.2 Å². The van der Waals surface area contributed by atoms with Gasteiger partial charge in [-0.2, -0.15) is 4.31 Å². The molecule has 0 spiro atoms. The molecule has 1 fully saturated rings. The number of hydrogen-bond donors (Lipinski definition) is 1. The molecule has 33 heavy (non-hydrogen) atoms. The molecule has 9 heteroatoms. The highest BCUT2D eigenvalue weighted by Gasteiger charge is 2.29. The molecule has 2 aromatic rings. The topological polar surface area (TPSA) is 94.2 Å². The van der Waals surface area contributed by atoms with Crippen LogP contribution in [0.1, 0.15) is 38.2 Å². The average molecular weight is 477 g/mol. The normalized spacial score (nSPS) is 14.5. The summed E-state index contributed by atoms with van der Waals surface area (Å²) in [6.07, 6.45) is 3.35. The molecule has 1 aliphatic heterocycles. The van der Waals surface area contributed by atoms with Gasteiger partial charge in [-0.05, 0) is 68.1 Å². The number of nitrogens with one attached hydrogen (secondary N) is 1. The molecule has 1 N–H and O–H groups in total. The van der Waals surface area contributed by atoms with Crippen LogP contribution in [0.2, 0.25) is 0 Å². The van der Waals surface area contributed by atoms with E-state index in [1.54, 1.807) is 45.4 Å². The Hall–Kier alpha value is -2.78. The minimum absolute atomic E-state index is 0.0820. The highest BCUT2D eigenvalue weighted by atomic mass is 32.2. The van der Waals surface area contributed by atoms with Crippen LogP contribution in [0.25, 0.3) is 0 Å². The average Bonchev–Trinajstić information content (AvgIpc) is 2.84. The van der Waals surface area contributed by atoms with Gasteiger partial charge in [0.05, 0.1) is 20.8 Å². The Morgan fingerprint density at radius 3 is 2.39 bits per heavy atom. The van der Waals surface area contributed by atoms with Crippen molar-refractivity contribution >= 4 is 21.6 Å². The quantitative estimate of drug-likeness (QED) is 0.560. The van der Waals surface area contributed by atoms with E-state index in [1.807, 2.05) is 6.07 Å². The highest BCUT2D eigenvalue weighted by Crippen LogP contribution is 2.32. The molecule has 0 aliphatic carbocycles. The van der Waals surface area contributed by atoms with Crippen LogP contribution < -0.4 is 19.5 Å². The van der Waals surface area contributed by atoms with Gasteiger partial charge in [-0.3, -0.25) is 4.79 Å². The van der Waals surface area contributed by atoms with E-state index in [1.165, 1.54) is 10.4 Å². The highest BCUT2D eigenvalue weighted by molar-refractivity contribution is 7.89. The molecule has 1 aliphatic rings. The third kappa shape index (κ3) is 6.17. The molecular weight excluding hydrogens is 444 g/mol. The van der Waals surface area contributed by atoms with Crippen molar-refractivity contribution in [1.29, 1.82) is 0 Å².